The van der Waals surface area contributed by atoms with Gasteiger partial charge in [-0.05, 0) is 43.3 Å². The third kappa shape index (κ3) is 4.08. The van der Waals surface area contributed by atoms with E-state index in [4.69, 9.17) is 4.52 Å². The number of hydrogen-bond donors (Lipinski definition) is 0. The first-order valence-electron chi connectivity index (χ1n) is 8.86. The summed E-state index contributed by atoms with van der Waals surface area (Å²) < 4.78 is 6.03. The topological polar surface area (TPSA) is 60.4 Å². The SMILES string of the molecule is CC(=O)CC(=O)C(=O)O[P+](c1ccccc1)(c1ccccc1)c1ccccc1. The molecule has 5 heteroatoms. The van der Waals surface area contributed by atoms with Crippen LogP contribution in [0, 0.1) is 0 Å². The molecule has 0 bridgehead atoms. The molecule has 3 rings (SSSR count). The number of carbonyl (C=O) groups excluding carboxylic acids is 3. The van der Waals surface area contributed by atoms with Crippen LogP contribution in [0.15, 0.2) is 91.0 Å². The molecule has 0 radical (unpaired) electrons. The summed E-state index contributed by atoms with van der Waals surface area (Å²) in [6.07, 6.45) is -0.461. The van der Waals surface area contributed by atoms with Crippen molar-refractivity contribution in [2.75, 3.05) is 0 Å². The van der Waals surface area contributed by atoms with Gasteiger partial charge in [-0.1, -0.05) is 54.6 Å². The van der Waals surface area contributed by atoms with E-state index in [1.807, 2.05) is 91.0 Å². The lowest BCUT2D eigenvalue weighted by molar-refractivity contribution is -0.147. The van der Waals surface area contributed by atoms with Gasteiger partial charge in [0.25, 0.3) is 13.3 Å². The Hall–Kier alpha value is -3.10. The molecule has 28 heavy (non-hydrogen) atoms. The molecule has 0 saturated carbocycles. The average molecular weight is 391 g/mol. The van der Waals surface area contributed by atoms with Crippen molar-refractivity contribution in [2.45, 2.75) is 13.3 Å². The van der Waals surface area contributed by atoms with Crippen molar-refractivity contribution < 1.29 is 18.9 Å². The van der Waals surface area contributed by atoms with Gasteiger partial charge in [0.1, 0.15) is 21.7 Å². The van der Waals surface area contributed by atoms with Gasteiger partial charge in [-0.15, -0.1) is 0 Å². The minimum Gasteiger partial charge on any atom is -0.300 e. The van der Waals surface area contributed by atoms with Gasteiger partial charge in [0.15, 0.2) is 0 Å². The van der Waals surface area contributed by atoms with E-state index in [1.165, 1.54) is 6.92 Å². The van der Waals surface area contributed by atoms with Crippen molar-refractivity contribution in [3.63, 3.8) is 0 Å². The fourth-order valence-corrected chi connectivity index (χ4v) is 6.33. The maximum atomic E-state index is 12.7. The van der Waals surface area contributed by atoms with Crippen molar-refractivity contribution in [1.29, 1.82) is 0 Å². The van der Waals surface area contributed by atoms with Gasteiger partial charge in [0.2, 0.25) is 0 Å². The molecule has 0 unspecified atom stereocenters. The van der Waals surface area contributed by atoms with Crippen molar-refractivity contribution in [2.24, 2.45) is 0 Å². The molecule has 0 N–H and O–H groups in total. The number of Topliss-reactive ketones (excluding diaryl/α,β-unsaturated/α-hetero) is 2. The fourth-order valence-electron chi connectivity index (χ4n) is 2.99. The molecular weight excluding hydrogens is 371 g/mol. The largest absolute Gasteiger partial charge is 0.418 e. The lowest BCUT2D eigenvalue weighted by Gasteiger charge is -2.24. The predicted octanol–water partition coefficient (Wildman–Crippen LogP) is 2.99. The molecular formula is C23H20O4P+. The van der Waals surface area contributed by atoms with E-state index in [1.54, 1.807) is 0 Å². The molecule has 0 amide bonds. The second-order valence-electron chi connectivity index (χ2n) is 6.30. The van der Waals surface area contributed by atoms with Crippen molar-refractivity contribution in [1.82, 2.24) is 0 Å². The van der Waals surface area contributed by atoms with Gasteiger partial charge in [0.05, 0.1) is 6.42 Å². The first-order chi connectivity index (χ1) is 13.5. The van der Waals surface area contributed by atoms with Crippen LogP contribution in [0.5, 0.6) is 0 Å². The van der Waals surface area contributed by atoms with Crippen molar-refractivity contribution in [3.05, 3.63) is 91.0 Å². The lowest BCUT2D eigenvalue weighted by atomic mass is 10.2. The smallest absolute Gasteiger partial charge is 0.300 e. The Balaban J connectivity index is 2.21. The Labute approximate surface area is 164 Å². The van der Waals surface area contributed by atoms with Crippen LogP contribution in [0.2, 0.25) is 0 Å². The predicted molar refractivity (Wildman–Crippen MR) is 112 cm³/mol. The highest BCUT2D eigenvalue weighted by molar-refractivity contribution is 7.92. The van der Waals surface area contributed by atoms with Crippen LogP contribution in [0.25, 0.3) is 0 Å². The molecule has 3 aromatic rings. The first-order valence-corrected chi connectivity index (χ1v) is 10.6. The van der Waals surface area contributed by atoms with Gasteiger partial charge in [0, 0.05) is 0 Å². The standard InChI is InChI=1S/C23H20O4P/c1-18(24)17-22(25)23(26)27-28(19-11-5-2-6-12-19,20-13-7-3-8-14-20)21-15-9-4-10-16-21/h2-16H,17H2,1H3/q+1. The highest BCUT2D eigenvalue weighted by Crippen LogP contribution is 2.56. The monoisotopic (exact) mass is 391 g/mol. The Morgan fingerprint density at radius 1 is 0.679 bits per heavy atom. The molecule has 140 valence electrons. The summed E-state index contributed by atoms with van der Waals surface area (Å²) in [6, 6.07) is 28.3. The zero-order chi connectivity index (χ0) is 20.0. The Bertz CT molecular complexity index is 873. The van der Waals surface area contributed by atoms with E-state index in [0.29, 0.717) is 0 Å². The Morgan fingerprint density at radius 3 is 1.36 bits per heavy atom. The summed E-state index contributed by atoms with van der Waals surface area (Å²) in [5, 5.41) is 2.45. The van der Waals surface area contributed by atoms with Crippen molar-refractivity contribution >= 4 is 40.9 Å². The molecule has 0 atom stereocenters. The van der Waals surface area contributed by atoms with Crippen molar-refractivity contribution in [3.8, 4) is 0 Å². The van der Waals surface area contributed by atoms with Gasteiger partial charge < -0.3 is 0 Å². The summed E-state index contributed by atoms with van der Waals surface area (Å²) in [5.74, 6) is -2.19. The van der Waals surface area contributed by atoms with Crippen LogP contribution in [0.4, 0.5) is 0 Å². The quantitative estimate of drug-likeness (QED) is 0.353. The molecule has 0 heterocycles. The zero-order valence-corrected chi connectivity index (χ0v) is 16.3. The van der Waals surface area contributed by atoms with Crippen LogP contribution < -0.4 is 15.9 Å². The zero-order valence-electron chi connectivity index (χ0n) is 15.4. The lowest BCUT2D eigenvalue weighted by Crippen LogP contribution is -2.36. The summed E-state index contributed by atoms with van der Waals surface area (Å²) in [4.78, 5) is 36.3. The second kappa shape index (κ2) is 8.73. The molecule has 3 aromatic carbocycles. The summed E-state index contributed by atoms with van der Waals surface area (Å²) in [7, 11) is -2.89. The van der Waals surface area contributed by atoms with E-state index < -0.39 is 25.7 Å². The summed E-state index contributed by atoms with van der Waals surface area (Å²) >= 11 is 0. The normalized spacial score (nSPS) is 10.9. The molecule has 0 saturated heterocycles. The van der Waals surface area contributed by atoms with E-state index in [0.717, 1.165) is 15.9 Å². The van der Waals surface area contributed by atoms with E-state index in [-0.39, 0.29) is 5.78 Å². The third-order valence-corrected chi connectivity index (χ3v) is 7.73. The van der Waals surface area contributed by atoms with E-state index in [2.05, 4.69) is 0 Å². The maximum absolute atomic E-state index is 12.7. The minimum atomic E-state index is -2.89. The van der Waals surface area contributed by atoms with Crippen LogP contribution in [-0.2, 0) is 18.9 Å². The minimum absolute atomic E-state index is 0.370. The molecule has 0 aliphatic rings. The molecule has 0 aromatic heterocycles. The first kappa shape index (κ1) is 19.7. The molecule has 4 nitrogen and oxygen atoms in total. The van der Waals surface area contributed by atoms with Crippen LogP contribution >= 0.6 is 7.49 Å². The Kier molecular flexibility index (Phi) is 6.13. The van der Waals surface area contributed by atoms with Gasteiger partial charge in [-0.2, -0.15) is 0 Å². The second-order valence-corrected chi connectivity index (χ2v) is 9.25. The van der Waals surface area contributed by atoms with Crippen LogP contribution in [0.3, 0.4) is 0 Å². The van der Waals surface area contributed by atoms with E-state index >= 15 is 0 Å². The number of hydrogen-bond acceptors (Lipinski definition) is 4. The third-order valence-electron chi connectivity index (χ3n) is 4.22. The number of rotatable bonds is 7. The maximum Gasteiger partial charge on any atom is 0.418 e. The van der Waals surface area contributed by atoms with Gasteiger partial charge >= 0.3 is 5.97 Å². The van der Waals surface area contributed by atoms with Crippen LogP contribution in [0.1, 0.15) is 13.3 Å². The highest BCUT2D eigenvalue weighted by Gasteiger charge is 2.51. The highest BCUT2D eigenvalue weighted by atomic mass is 31.2. The molecule has 0 aliphatic carbocycles. The Morgan fingerprint density at radius 2 is 1.04 bits per heavy atom. The van der Waals surface area contributed by atoms with Gasteiger partial charge in [-0.3, -0.25) is 14.1 Å². The summed E-state index contributed by atoms with van der Waals surface area (Å²) in [5.41, 5.74) is 0. The molecule has 0 aliphatic heterocycles. The fraction of sp³-hybridized carbons (Fsp3) is 0.0870. The van der Waals surface area contributed by atoms with E-state index in [9.17, 15) is 14.4 Å². The number of benzene rings is 3. The molecule has 0 spiro atoms. The average Bonchev–Trinajstić information content (AvgIpc) is 2.73. The van der Waals surface area contributed by atoms with Crippen LogP contribution in [-0.4, -0.2) is 17.5 Å². The number of ketones is 2. The van der Waals surface area contributed by atoms with Gasteiger partial charge in [-0.25, -0.2) is 4.79 Å². The molecule has 0 fully saturated rings. The number of carbonyl (C=O) groups is 3. The summed E-state index contributed by atoms with van der Waals surface area (Å²) in [6.45, 7) is 1.28.